The SMILES string of the molecule is CC(=O)Nc1ccc([C@@H](C)N2Cc3cc(-c4n[nH]c5c4CCC(C)(C)C5)ccc3C2=O)cc1. The van der Waals surface area contributed by atoms with Gasteiger partial charge in [0.15, 0.2) is 0 Å². The maximum absolute atomic E-state index is 13.2. The predicted molar refractivity (Wildman–Crippen MR) is 129 cm³/mol. The lowest BCUT2D eigenvalue weighted by atomic mass is 9.76. The van der Waals surface area contributed by atoms with E-state index in [1.165, 1.54) is 18.2 Å². The molecule has 5 rings (SSSR count). The number of nitrogens with zero attached hydrogens (tertiary/aromatic N) is 2. The van der Waals surface area contributed by atoms with E-state index in [0.717, 1.165) is 52.9 Å². The standard InChI is InChI=1S/C27H30N4O2/c1-16(18-5-8-21(9-6-18)28-17(2)32)31-15-20-13-19(7-10-22(20)26(31)33)25-23-11-12-27(3,4)14-24(23)29-30-25/h5-10,13,16H,11-12,14-15H2,1-4H3,(H,28,32)(H,29,30)/t16-/m1/s1. The highest BCUT2D eigenvalue weighted by Crippen LogP contribution is 2.39. The van der Waals surface area contributed by atoms with Gasteiger partial charge in [-0.3, -0.25) is 14.7 Å². The fourth-order valence-electron chi connectivity index (χ4n) is 5.12. The average Bonchev–Trinajstić information content (AvgIpc) is 3.32. The molecule has 1 aliphatic heterocycles. The second-order valence-corrected chi connectivity index (χ2v) is 10.2. The van der Waals surface area contributed by atoms with Crippen LogP contribution >= 0.6 is 0 Å². The van der Waals surface area contributed by atoms with Gasteiger partial charge in [0.25, 0.3) is 5.91 Å². The van der Waals surface area contributed by atoms with Gasteiger partial charge in [0.2, 0.25) is 5.91 Å². The first kappa shape index (κ1) is 21.4. The summed E-state index contributed by atoms with van der Waals surface area (Å²) in [5, 5.41) is 10.7. The Balaban J connectivity index is 1.38. The number of nitrogens with one attached hydrogen (secondary N) is 2. The lowest BCUT2D eigenvalue weighted by Crippen LogP contribution is -2.27. The average molecular weight is 443 g/mol. The normalized spacial score (nSPS) is 17.5. The highest BCUT2D eigenvalue weighted by atomic mass is 16.2. The number of hydrogen-bond acceptors (Lipinski definition) is 3. The number of benzene rings is 2. The van der Waals surface area contributed by atoms with Crippen molar-refractivity contribution in [1.82, 2.24) is 15.1 Å². The molecular formula is C27H30N4O2. The van der Waals surface area contributed by atoms with Crippen LogP contribution in [0.15, 0.2) is 42.5 Å². The van der Waals surface area contributed by atoms with Crippen LogP contribution in [0.1, 0.15) is 72.9 Å². The third-order valence-corrected chi connectivity index (χ3v) is 7.05. The molecule has 3 aromatic rings. The Hall–Kier alpha value is -3.41. The number of carbonyl (C=O) groups excluding carboxylic acids is 2. The molecule has 2 heterocycles. The van der Waals surface area contributed by atoms with Crippen LogP contribution < -0.4 is 5.32 Å². The lowest BCUT2D eigenvalue weighted by molar-refractivity contribution is -0.114. The number of H-pyrrole nitrogens is 1. The highest BCUT2D eigenvalue weighted by Gasteiger charge is 2.33. The number of hydrogen-bond donors (Lipinski definition) is 2. The van der Waals surface area contributed by atoms with Crippen molar-refractivity contribution in [3.63, 3.8) is 0 Å². The Morgan fingerprint density at radius 1 is 1.18 bits per heavy atom. The van der Waals surface area contributed by atoms with E-state index >= 15 is 0 Å². The summed E-state index contributed by atoms with van der Waals surface area (Å²) in [6.45, 7) is 8.73. The smallest absolute Gasteiger partial charge is 0.255 e. The molecule has 0 saturated carbocycles. The Kier molecular flexibility index (Phi) is 5.11. The van der Waals surface area contributed by atoms with E-state index in [1.54, 1.807) is 0 Å². The molecular weight excluding hydrogens is 412 g/mol. The first-order valence-corrected chi connectivity index (χ1v) is 11.6. The summed E-state index contributed by atoms with van der Waals surface area (Å²) in [6.07, 6.45) is 3.20. The van der Waals surface area contributed by atoms with E-state index < -0.39 is 0 Å². The summed E-state index contributed by atoms with van der Waals surface area (Å²) in [5.74, 6) is -0.0422. The number of aromatic amines is 1. The zero-order valence-corrected chi connectivity index (χ0v) is 19.7. The molecule has 0 unspecified atom stereocenters. The minimum Gasteiger partial charge on any atom is -0.328 e. The van der Waals surface area contributed by atoms with Gasteiger partial charge in [-0.15, -0.1) is 0 Å². The van der Waals surface area contributed by atoms with Gasteiger partial charge in [0, 0.05) is 41.5 Å². The maximum atomic E-state index is 13.2. The number of aromatic nitrogens is 2. The van der Waals surface area contributed by atoms with Crippen molar-refractivity contribution in [3.05, 3.63) is 70.4 Å². The van der Waals surface area contributed by atoms with E-state index in [1.807, 2.05) is 48.2 Å². The van der Waals surface area contributed by atoms with Gasteiger partial charge >= 0.3 is 0 Å². The van der Waals surface area contributed by atoms with Crippen molar-refractivity contribution in [2.75, 3.05) is 5.32 Å². The van der Waals surface area contributed by atoms with E-state index in [4.69, 9.17) is 0 Å². The number of amides is 2. The molecule has 0 radical (unpaired) electrons. The molecule has 1 aromatic heterocycles. The fourth-order valence-corrected chi connectivity index (χ4v) is 5.12. The van der Waals surface area contributed by atoms with Crippen LogP contribution in [0.2, 0.25) is 0 Å². The van der Waals surface area contributed by atoms with Crippen molar-refractivity contribution in [2.45, 2.75) is 59.5 Å². The molecule has 1 atom stereocenters. The molecule has 0 saturated heterocycles. The summed E-state index contributed by atoms with van der Waals surface area (Å²) in [7, 11) is 0. The third kappa shape index (κ3) is 3.94. The largest absolute Gasteiger partial charge is 0.328 e. The molecule has 0 fully saturated rings. The Morgan fingerprint density at radius 2 is 1.94 bits per heavy atom. The lowest BCUT2D eigenvalue weighted by Gasteiger charge is -2.29. The molecule has 170 valence electrons. The van der Waals surface area contributed by atoms with Crippen molar-refractivity contribution in [1.29, 1.82) is 0 Å². The molecule has 6 heteroatoms. The van der Waals surface area contributed by atoms with Crippen LogP contribution in [-0.4, -0.2) is 26.9 Å². The van der Waals surface area contributed by atoms with Gasteiger partial charge in [0.05, 0.1) is 11.7 Å². The van der Waals surface area contributed by atoms with Crippen molar-refractivity contribution < 1.29 is 9.59 Å². The van der Waals surface area contributed by atoms with Gasteiger partial charge in [-0.2, -0.15) is 5.10 Å². The number of fused-ring (bicyclic) bond motifs is 2. The van der Waals surface area contributed by atoms with Crippen LogP contribution in [0.25, 0.3) is 11.3 Å². The van der Waals surface area contributed by atoms with Crippen LogP contribution in [0.3, 0.4) is 0 Å². The van der Waals surface area contributed by atoms with Gasteiger partial charge in [-0.05, 0) is 67.0 Å². The minimum atomic E-state index is -0.0985. The summed E-state index contributed by atoms with van der Waals surface area (Å²) in [4.78, 5) is 26.3. The van der Waals surface area contributed by atoms with E-state index in [2.05, 4.69) is 35.4 Å². The number of anilines is 1. The summed E-state index contributed by atoms with van der Waals surface area (Å²) in [6, 6.07) is 13.7. The van der Waals surface area contributed by atoms with Gasteiger partial charge in [0.1, 0.15) is 0 Å². The Morgan fingerprint density at radius 3 is 2.67 bits per heavy atom. The first-order valence-electron chi connectivity index (χ1n) is 11.6. The molecule has 0 bridgehead atoms. The van der Waals surface area contributed by atoms with Gasteiger partial charge < -0.3 is 10.2 Å². The predicted octanol–water partition coefficient (Wildman–Crippen LogP) is 5.27. The molecule has 33 heavy (non-hydrogen) atoms. The third-order valence-electron chi connectivity index (χ3n) is 7.05. The molecule has 2 amide bonds. The molecule has 2 N–H and O–H groups in total. The van der Waals surface area contributed by atoms with Crippen LogP contribution in [0, 0.1) is 5.41 Å². The second kappa shape index (κ2) is 7.87. The molecule has 1 aliphatic carbocycles. The summed E-state index contributed by atoms with van der Waals surface area (Å²) < 4.78 is 0. The van der Waals surface area contributed by atoms with Crippen molar-refractivity contribution in [2.24, 2.45) is 5.41 Å². The number of rotatable bonds is 4. The first-order chi connectivity index (χ1) is 15.7. The van der Waals surface area contributed by atoms with Crippen molar-refractivity contribution >= 4 is 17.5 Å². The second-order valence-electron chi connectivity index (χ2n) is 10.2. The van der Waals surface area contributed by atoms with Crippen molar-refractivity contribution in [3.8, 4) is 11.3 Å². The quantitative estimate of drug-likeness (QED) is 0.578. The Bertz CT molecular complexity index is 1240. The summed E-state index contributed by atoms with van der Waals surface area (Å²) in [5.41, 5.74) is 8.58. The van der Waals surface area contributed by atoms with Crippen LogP contribution in [0.4, 0.5) is 5.69 Å². The zero-order chi connectivity index (χ0) is 23.3. The molecule has 2 aromatic carbocycles. The highest BCUT2D eigenvalue weighted by molar-refractivity contribution is 5.99. The zero-order valence-electron chi connectivity index (χ0n) is 19.7. The van der Waals surface area contributed by atoms with Gasteiger partial charge in [-0.25, -0.2) is 0 Å². The van der Waals surface area contributed by atoms with Gasteiger partial charge in [-0.1, -0.05) is 32.0 Å². The Labute approximate surface area is 194 Å². The van der Waals surface area contributed by atoms with Crippen LogP contribution in [0.5, 0.6) is 0 Å². The maximum Gasteiger partial charge on any atom is 0.255 e. The molecule has 2 aliphatic rings. The minimum absolute atomic E-state index is 0.0563. The number of carbonyl (C=O) groups is 2. The molecule has 0 spiro atoms. The van der Waals surface area contributed by atoms with E-state index in [-0.39, 0.29) is 17.9 Å². The topological polar surface area (TPSA) is 78.1 Å². The van der Waals surface area contributed by atoms with E-state index in [9.17, 15) is 9.59 Å². The van der Waals surface area contributed by atoms with Crippen LogP contribution in [-0.2, 0) is 24.2 Å². The summed E-state index contributed by atoms with van der Waals surface area (Å²) >= 11 is 0. The van der Waals surface area contributed by atoms with E-state index in [0.29, 0.717) is 12.0 Å². The molecule has 6 nitrogen and oxygen atoms in total. The fraction of sp³-hybridized carbons (Fsp3) is 0.370. The monoisotopic (exact) mass is 442 g/mol.